The van der Waals surface area contributed by atoms with E-state index in [-0.39, 0.29) is 11.9 Å². The van der Waals surface area contributed by atoms with Gasteiger partial charge in [-0.15, -0.1) is 0 Å². The fourth-order valence-electron chi connectivity index (χ4n) is 2.08. The van der Waals surface area contributed by atoms with Crippen LogP contribution in [0.25, 0.3) is 0 Å². The monoisotopic (exact) mass is 336 g/mol. The quantitative estimate of drug-likeness (QED) is 0.876. The Hall–Kier alpha value is -1.26. The maximum absolute atomic E-state index is 13.5. The molecule has 0 bridgehead atoms. The Kier molecular flexibility index (Phi) is 5.26. The fourth-order valence-corrected chi connectivity index (χ4v) is 2.56. The summed E-state index contributed by atoms with van der Waals surface area (Å²) in [5.74, 6) is -0.230. The topological polar surface area (TPSA) is 24.9 Å². The van der Waals surface area contributed by atoms with Gasteiger partial charge in [0.15, 0.2) is 0 Å². The summed E-state index contributed by atoms with van der Waals surface area (Å²) < 4.78 is 14.4. The van der Waals surface area contributed by atoms with E-state index < -0.39 is 0 Å². The number of nitrogens with zero attached hydrogens (tertiary/aromatic N) is 1. The van der Waals surface area contributed by atoms with Crippen molar-refractivity contribution in [2.24, 2.45) is 0 Å². The number of aryl methyl sites for hydroxylation is 1. The zero-order valence-electron chi connectivity index (χ0n) is 11.7. The highest BCUT2D eigenvalue weighted by Crippen LogP contribution is 2.29. The predicted octanol–water partition coefficient (Wildman–Crippen LogP) is 4.38. The summed E-state index contributed by atoms with van der Waals surface area (Å²) in [5, 5.41) is 3.45. The molecule has 0 radical (unpaired) electrons. The van der Waals surface area contributed by atoms with Gasteiger partial charge in [-0.05, 0) is 55.3 Å². The molecular weight excluding hydrogens is 319 g/mol. The number of rotatable bonds is 5. The van der Waals surface area contributed by atoms with Crippen LogP contribution < -0.4 is 5.32 Å². The molecule has 0 spiro atoms. The lowest BCUT2D eigenvalue weighted by molar-refractivity contribution is 0.582. The normalized spacial score (nSPS) is 12.4. The highest BCUT2D eigenvalue weighted by atomic mass is 79.9. The van der Waals surface area contributed by atoms with Crippen molar-refractivity contribution in [2.45, 2.75) is 26.3 Å². The van der Waals surface area contributed by atoms with Gasteiger partial charge in [0.05, 0.1) is 6.04 Å². The number of halogens is 2. The molecule has 0 aliphatic rings. The minimum absolute atomic E-state index is 0.0619. The molecule has 2 rings (SSSR count). The van der Waals surface area contributed by atoms with E-state index in [1.165, 1.54) is 6.07 Å². The summed E-state index contributed by atoms with van der Waals surface area (Å²) in [6.45, 7) is 4.93. The maximum Gasteiger partial charge on any atom is 0.123 e. The second kappa shape index (κ2) is 6.95. The van der Waals surface area contributed by atoms with Gasteiger partial charge >= 0.3 is 0 Å². The van der Waals surface area contributed by atoms with Gasteiger partial charge in [0.1, 0.15) is 5.82 Å². The Labute approximate surface area is 127 Å². The van der Waals surface area contributed by atoms with Crippen LogP contribution in [0.5, 0.6) is 0 Å². The highest BCUT2D eigenvalue weighted by molar-refractivity contribution is 9.10. The van der Waals surface area contributed by atoms with Crippen LogP contribution in [0.3, 0.4) is 0 Å². The number of pyridine rings is 1. The van der Waals surface area contributed by atoms with Crippen molar-refractivity contribution in [2.75, 3.05) is 6.54 Å². The van der Waals surface area contributed by atoms with Crippen LogP contribution in [-0.4, -0.2) is 11.5 Å². The Balaban J connectivity index is 2.41. The molecule has 2 nitrogen and oxygen atoms in total. The number of hydrogen-bond acceptors (Lipinski definition) is 2. The lowest BCUT2D eigenvalue weighted by Crippen LogP contribution is -2.23. The van der Waals surface area contributed by atoms with Crippen molar-refractivity contribution in [1.82, 2.24) is 10.3 Å². The molecule has 1 unspecified atom stereocenters. The second-order valence-corrected chi connectivity index (χ2v) is 5.64. The molecule has 4 heteroatoms. The van der Waals surface area contributed by atoms with Crippen molar-refractivity contribution in [3.05, 3.63) is 63.6 Å². The number of nitrogens with one attached hydrogen (secondary N) is 1. The molecule has 0 aliphatic heterocycles. The molecule has 1 N–H and O–H groups in total. The first kappa shape index (κ1) is 15.1. The predicted molar refractivity (Wildman–Crippen MR) is 83.2 cm³/mol. The van der Waals surface area contributed by atoms with Gasteiger partial charge in [0, 0.05) is 16.4 Å². The zero-order valence-corrected chi connectivity index (χ0v) is 13.2. The van der Waals surface area contributed by atoms with Gasteiger partial charge < -0.3 is 5.32 Å². The van der Waals surface area contributed by atoms with Crippen molar-refractivity contribution < 1.29 is 4.39 Å². The third-order valence-corrected chi connectivity index (χ3v) is 3.86. The van der Waals surface area contributed by atoms with Crippen molar-refractivity contribution in [1.29, 1.82) is 0 Å². The van der Waals surface area contributed by atoms with Gasteiger partial charge in [0.25, 0.3) is 0 Å². The minimum Gasteiger partial charge on any atom is -0.306 e. The van der Waals surface area contributed by atoms with Crippen LogP contribution in [0.15, 0.2) is 41.0 Å². The molecular formula is C16H18BrFN2. The summed E-state index contributed by atoms with van der Waals surface area (Å²) in [5.41, 5.74) is 2.90. The highest BCUT2D eigenvalue weighted by Gasteiger charge is 2.17. The van der Waals surface area contributed by atoms with Gasteiger partial charge in [-0.25, -0.2) is 4.39 Å². The molecule has 20 heavy (non-hydrogen) atoms. The molecule has 0 fully saturated rings. The molecule has 1 aromatic heterocycles. The maximum atomic E-state index is 13.5. The average molecular weight is 337 g/mol. The summed E-state index contributed by atoms with van der Waals surface area (Å²) in [4.78, 5) is 4.34. The molecule has 1 heterocycles. The summed E-state index contributed by atoms with van der Waals surface area (Å²) >= 11 is 3.51. The van der Waals surface area contributed by atoms with E-state index >= 15 is 0 Å². The largest absolute Gasteiger partial charge is 0.306 e. The molecule has 0 saturated heterocycles. The lowest BCUT2D eigenvalue weighted by Gasteiger charge is -2.21. The van der Waals surface area contributed by atoms with E-state index in [4.69, 9.17) is 0 Å². The first-order valence-electron chi connectivity index (χ1n) is 6.72. The summed E-state index contributed by atoms with van der Waals surface area (Å²) in [6, 6.07) is 8.71. The first-order valence-corrected chi connectivity index (χ1v) is 7.52. The number of hydrogen-bond donors (Lipinski definition) is 1. The van der Waals surface area contributed by atoms with E-state index in [0.29, 0.717) is 0 Å². The zero-order chi connectivity index (χ0) is 14.5. The van der Waals surface area contributed by atoms with Crippen molar-refractivity contribution in [3.63, 3.8) is 0 Å². The smallest absolute Gasteiger partial charge is 0.123 e. The van der Waals surface area contributed by atoms with Crippen LogP contribution in [0.1, 0.15) is 36.2 Å². The van der Waals surface area contributed by atoms with Crippen molar-refractivity contribution in [3.8, 4) is 0 Å². The standard InChI is InChI=1S/C16H18BrFN2/c1-3-8-19-16(12-5-4-11(2)20-10-12)14-9-13(18)6-7-15(14)17/h4-7,9-10,16,19H,3,8H2,1-2H3. The van der Waals surface area contributed by atoms with Gasteiger partial charge in [-0.3, -0.25) is 4.98 Å². The van der Waals surface area contributed by atoms with Gasteiger partial charge in [0.2, 0.25) is 0 Å². The number of aromatic nitrogens is 1. The minimum atomic E-state index is -0.230. The van der Waals surface area contributed by atoms with Gasteiger partial charge in [-0.2, -0.15) is 0 Å². The van der Waals surface area contributed by atoms with Crippen LogP contribution in [0, 0.1) is 12.7 Å². The van der Waals surface area contributed by atoms with E-state index in [9.17, 15) is 4.39 Å². The average Bonchev–Trinajstić information content (AvgIpc) is 2.44. The Bertz CT molecular complexity index is 569. The Morgan fingerprint density at radius 1 is 1.30 bits per heavy atom. The Morgan fingerprint density at radius 2 is 2.10 bits per heavy atom. The molecule has 0 amide bonds. The first-order chi connectivity index (χ1) is 9.61. The van der Waals surface area contributed by atoms with E-state index in [1.807, 2.05) is 25.3 Å². The van der Waals surface area contributed by atoms with E-state index in [0.717, 1.165) is 34.3 Å². The molecule has 106 valence electrons. The van der Waals surface area contributed by atoms with Crippen LogP contribution in [0.4, 0.5) is 4.39 Å². The summed E-state index contributed by atoms with van der Waals surface area (Å²) in [7, 11) is 0. The van der Waals surface area contributed by atoms with E-state index in [2.05, 4.69) is 33.2 Å². The molecule has 1 aromatic carbocycles. The molecule has 0 saturated carbocycles. The third kappa shape index (κ3) is 3.64. The van der Waals surface area contributed by atoms with Gasteiger partial charge in [-0.1, -0.05) is 28.9 Å². The SMILES string of the molecule is CCCNC(c1ccc(C)nc1)c1cc(F)ccc1Br. The fraction of sp³-hybridized carbons (Fsp3) is 0.312. The molecule has 2 aromatic rings. The molecule has 1 atom stereocenters. The third-order valence-electron chi connectivity index (χ3n) is 3.14. The molecule has 0 aliphatic carbocycles. The van der Waals surface area contributed by atoms with Crippen LogP contribution in [-0.2, 0) is 0 Å². The van der Waals surface area contributed by atoms with Crippen molar-refractivity contribution >= 4 is 15.9 Å². The second-order valence-electron chi connectivity index (χ2n) is 4.79. The Morgan fingerprint density at radius 3 is 2.75 bits per heavy atom. The van der Waals surface area contributed by atoms with Crippen LogP contribution in [0.2, 0.25) is 0 Å². The summed E-state index contributed by atoms with van der Waals surface area (Å²) in [6.07, 6.45) is 2.86. The lowest BCUT2D eigenvalue weighted by atomic mass is 9.99. The van der Waals surface area contributed by atoms with E-state index in [1.54, 1.807) is 12.1 Å². The number of benzene rings is 1. The van der Waals surface area contributed by atoms with Crippen LogP contribution >= 0.6 is 15.9 Å².